The van der Waals surface area contributed by atoms with E-state index in [4.69, 9.17) is 11.5 Å². The number of nitrogens with zero attached hydrogens (tertiary/aromatic N) is 1. The molecule has 3 N–H and O–H groups in total. The van der Waals surface area contributed by atoms with E-state index < -0.39 is 12.0 Å². The third-order valence-electron chi connectivity index (χ3n) is 5.07. The predicted octanol–water partition coefficient (Wildman–Crippen LogP) is 0.207. The van der Waals surface area contributed by atoms with Crippen LogP contribution < -0.4 is 10.6 Å². The van der Waals surface area contributed by atoms with Gasteiger partial charge < -0.3 is 20.6 Å². The first-order valence-electron chi connectivity index (χ1n) is 8.96. The summed E-state index contributed by atoms with van der Waals surface area (Å²) in [6, 6.07) is -1.07. The molecule has 138 valence electrons. The van der Waals surface area contributed by atoms with E-state index in [1.165, 1.54) is 0 Å². The Kier molecular flexibility index (Phi) is 7.26. The van der Waals surface area contributed by atoms with E-state index in [-0.39, 0.29) is 24.2 Å². The van der Waals surface area contributed by atoms with Crippen molar-refractivity contribution >= 4 is 17.8 Å². The Labute approximate surface area is 148 Å². The lowest BCUT2D eigenvalue weighted by atomic mass is 9.93. The van der Waals surface area contributed by atoms with Gasteiger partial charge in [0.05, 0.1) is 5.92 Å². The zero-order chi connectivity index (χ0) is 18.2. The molecule has 0 radical (unpaired) electrons. The molecule has 0 saturated carbocycles. The number of piperidine rings is 1. The van der Waals surface area contributed by atoms with Crippen LogP contribution in [0.4, 0.5) is 0 Å². The molecule has 2 heterocycles. The Morgan fingerprint density at radius 3 is 2.64 bits per heavy atom. The van der Waals surface area contributed by atoms with Crippen LogP contribution >= 0.6 is 0 Å². The number of hydrogen-bond donors (Lipinski definition) is 3. The fourth-order valence-corrected chi connectivity index (χ4v) is 3.46. The molecule has 0 bridgehead atoms. The van der Waals surface area contributed by atoms with Gasteiger partial charge in [0, 0.05) is 25.9 Å². The molecule has 2 atom stereocenters. The number of amides is 2. The average molecular weight is 349 g/mol. The molecule has 2 fully saturated rings. The Balaban J connectivity index is 1.75. The fourth-order valence-electron chi connectivity index (χ4n) is 3.46. The molecule has 0 aromatic carbocycles. The highest BCUT2D eigenvalue weighted by Crippen LogP contribution is 2.21. The highest BCUT2D eigenvalue weighted by Gasteiger charge is 2.33. The van der Waals surface area contributed by atoms with Gasteiger partial charge in [-0.2, -0.15) is 0 Å². The zero-order valence-electron chi connectivity index (χ0n) is 14.5. The van der Waals surface area contributed by atoms with Crippen LogP contribution in [-0.2, 0) is 14.4 Å². The van der Waals surface area contributed by atoms with Crippen molar-refractivity contribution in [1.29, 1.82) is 0 Å². The van der Waals surface area contributed by atoms with Crippen molar-refractivity contribution in [2.24, 2.45) is 11.8 Å². The summed E-state index contributed by atoms with van der Waals surface area (Å²) in [6.07, 6.45) is 9.30. The summed E-state index contributed by atoms with van der Waals surface area (Å²) in [7, 11) is 0. The third kappa shape index (κ3) is 5.75. The minimum atomic E-state index is -1.14. The summed E-state index contributed by atoms with van der Waals surface area (Å²) >= 11 is 0. The molecular formula is C18H27N3O4. The van der Waals surface area contributed by atoms with Crippen molar-refractivity contribution in [3.8, 4) is 12.3 Å². The number of aliphatic carboxylic acids is 1. The molecule has 2 aliphatic heterocycles. The Morgan fingerprint density at radius 2 is 2.00 bits per heavy atom. The largest absolute Gasteiger partial charge is 0.480 e. The van der Waals surface area contributed by atoms with Crippen LogP contribution in [0.5, 0.6) is 0 Å². The van der Waals surface area contributed by atoms with Gasteiger partial charge in [0.2, 0.25) is 11.8 Å². The number of terminal acetylenes is 1. The number of carbonyl (C=O) groups is 3. The van der Waals surface area contributed by atoms with Crippen LogP contribution in [0.2, 0.25) is 0 Å². The van der Waals surface area contributed by atoms with Gasteiger partial charge in [-0.05, 0) is 44.7 Å². The minimum Gasteiger partial charge on any atom is -0.480 e. The van der Waals surface area contributed by atoms with E-state index in [9.17, 15) is 14.4 Å². The van der Waals surface area contributed by atoms with Gasteiger partial charge in [-0.25, -0.2) is 4.79 Å². The van der Waals surface area contributed by atoms with Crippen LogP contribution in [0.1, 0.15) is 38.5 Å². The first kappa shape index (κ1) is 19.3. The van der Waals surface area contributed by atoms with Gasteiger partial charge in [-0.15, -0.1) is 12.3 Å². The molecule has 2 rings (SSSR count). The fraction of sp³-hybridized carbons (Fsp3) is 0.722. The van der Waals surface area contributed by atoms with Gasteiger partial charge >= 0.3 is 5.97 Å². The number of nitrogens with one attached hydrogen (secondary N) is 2. The number of likely N-dealkylation sites (tertiary alicyclic amines) is 1. The van der Waals surface area contributed by atoms with Crippen molar-refractivity contribution < 1.29 is 19.5 Å². The third-order valence-corrected chi connectivity index (χ3v) is 5.07. The summed E-state index contributed by atoms with van der Waals surface area (Å²) in [5.41, 5.74) is 0. The lowest BCUT2D eigenvalue weighted by Gasteiger charge is -2.23. The highest BCUT2D eigenvalue weighted by molar-refractivity contribution is 5.86. The smallest absolute Gasteiger partial charge is 0.327 e. The van der Waals surface area contributed by atoms with Crippen molar-refractivity contribution in [1.82, 2.24) is 15.5 Å². The molecule has 0 spiro atoms. The van der Waals surface area contributed by atoms with Gasteiger partial charge in [-0.1, -0.05) is 0 Å². The quantitative estimate of drug-likeness (QED) is 0.571. The highest BCUT2D eigenvalue weighted by atomic mass is 16.4. The molecule has 1 unspecified atom stereocenters. The molecule has 0 aliphatic carbocycles. The Hall–Kier alpha value is -2.07. The molecule has 2 aliphatic rings. The van der Waals surface area contributed by atoms with Crippen molar-refractivity contribution in [3.63, 3.8) is 0 Å². The maximum atomic E-state index is 12.3. The van der Waals surface area contributed by atoms with Crippen LogP contribution in [0.3, 0.4) is 0 Å². The molecule has 2 amide bonds. The van der Waals surface area contributed by atoms with Crippen LogP contribution in [-0.4, -0.2) is 60.0 Å². The van der Waals surface area contributed by atoms with E-state index in [1.807, 2.05) is 0 Å². The van der Waals surface area contributed by atoms with E-state index in [2.05, 4.69) is 16.6 Å². The molecule has 2 saturated heterocycles. The average Bonchev–Trinajstić information content (AvgIpc) is 3.10. The van der Waals surface area contributed by atoms with Gasteiger partial charge in [0.15, 0.2) is 0 Å². The monoisotopic (exact) mass is 349 g/mol. The summed E-state index contributed by atoms with van der Waals surface area (Å²) < 4.78 is 0. The standard InChI is InChI=1S/C18H27N3O4/c1-2-3-15(18(24)25)20-17(23)14-8-11-21(12-14)16(22)5-4-13-6-9-19-10-7-13/h1,13-15,19H,3-12H2,(H,20,23)(H,24,25)/t14?,15-/m0/s1. The van der Waals surface area contributed by atoms with E-state index in [1.54, 1.807) is 4.90 Å². The Bertz CT molecular complexity index is 537. The zero-order valence-corrected chi connectivity index (χ0v) is 14.5. The van der Waals surface area contributed by atoms with Crippen molar-refractivity contribution in [2.75, 3.05) is 26.2 Å². The van der Waals surface area contributed by atoms with Crippen LogP contribution in [0.15, 0.2) is 0 Å². The molecular weight excluding hydrogens is 322 g/mol. The van der Waals surface area contributed by atoms with Gasteiger partial charge in [0.25, 0.3) is 0 Å². The van der Waals surface area contributed by atoms with Crippen molar-refractivity contribution in [2.45, 2.75) is 44.6 Å². The summed E-state index contributed by atoms with van der Waals surface area (Å²) in [6.45, 7) is 2.95. The number of carboxylic acid groups (broad SMARTS) is 1. The van der Waals surface area contributed by atoms with E-state index >= 15 is 0 Å². The van der Waals surface area contributed by atoms with E-state index in [0.29, 0.717) is 31.8 Å². The number of rotatable bonds is 7. The maximum Gasteiger partial charge on any atom is 0.327 e. The lowest BCUT2D eigenvalue weighted by molar-refractivity contribution is -0.142. The number of carbonyl (C=O) groups excluding carboxylic acids is 2. The summed E-state index contributed by atoms with van der Waals surface area (Å²) in [5.74, 6) is 1.11. The second kappa shape index (κ2) is 9.42. The molecule has 7 heteroatoms. The first-order chi connectivity index (χ1) is 12.0. The molecule has 25 heavy (non-hydrogen) atoms. The number of hydrogen-bond acceptors (Lipinski definition) is 4. The molecule has 0 aromatic heterocycles. The summed E-state index contributed by atoms with van der Waals surface area (Å²) in [5, 5.41) is 14.8. The van der Waals surface area contributed by atoms with Crippen molar-refractivity contribution in [3.05, 3.63) is 0 Å². The first-order valence-corrected chi connectivity index (χ1v) is 8.96. The van der Waals surface area contributed by atoms with E-state index in [0.717, 1.165) is 32.4 Å². The topological polar surface area (TPSA) is 98.7 Å². The SMILES string of the molecule is C#CC[C@H](NC(=O)C1CCN(C(=O)CCC2CCNCC2)C1)C(=O)O. The van der Waals surface area contributed by atoms with Gasteiger partial charge in [-0.3, -0.25) is 9.59 Å². The van der Waals surface area contributed by atoms with Crippen LogP contribution in [0.25, 0.3) is 0 Å². The lowest BCUT2D eigenvalue weighted by Crippen LogP contribution is -2.44. The summed E-state index contributed by atoms with van der Waals surface area (Å²) in [4.78, 5) is 37.4. The van der Waals surface area contributed by atoms with Gasteiger partial charge in [0.1, 0.15) is 6.04 Å². The normalized spacial score (nSPS) is 22.2. The second-order valence-electron chi connectivity index (χ2n) is 6.87. The Morgan fingerprint density at radius 1 is 1.28 bits per heavy atom. The molecule has 7 nitrogen and oxygen atoms in total. The maximum absolute atomic E-state index is 12.3. The minimum absolute atomic E-state index is 0.0489. The molecule has 0 aromatic rings. The van der Waals surface area contributed by atoms with Crippen LogP contribution in [0, 0.1) is 24.2 Å². The predicted molar refractivity (Wildman–Crippen MR) is 92.5 cm³/mol. The number of carboxylic acids is 1. The second-order valence-corrected chi connectivity index (χ2v) is 6.87.